The van der Waals surface area contributed by atoms with Crippen molar-refractivity contribution in [2.45, 2.75) is 25.9 Å². The normalized spacial score (nSPS) is 14.2. The molecule has 1 heterocycles. The predicted molar refractivity (Wildman–Crippen MR) is 68.7 cm³/mol. The second-order valence-electron chi connectivity index (χ2n) is 4.49. The fourth-order valence-electron chi connectivity index (χ4n) is 2.05. The van der Waals surface area contributed by atoms with Gasteiger partial charge in [0.1, 0.15) is 5.82 Å². The van der Waals surface area contributed by atoms with E-state index in [9.17, 15) is 9.50 Å². The highest BCUT2D eigenvalue weighted by Gasteiger charge is 2.20. The van der Waals surface area contributed by atoms with E-state index < -0.39 is 6.10 Å². The Morgan fingerprint density at radius 1 is 1.22 bits per heavy atom. The van der Waals surface area contributed by atoms with E-state index in [0.717, 1.165) is 16.8 Å². The molecule has 0 saturated carbocycles. The zero-order valence-electron chi connectivity index (χ0n) is 10.5. The number of aliphatic hydroxyl groups excluding tert-OH is 1. The van der Waals surface area contributed by atoms with Crippen molar-refractivity contribution in [3.8, 4) is 0 Å². The summed E-state index contributed by atoms with van der Waals surface area (Å²) in [4.78, 5) is 4.24. The van der Waals surface area contributed by atoms with Gasteiger partial charge in [-0.1, -0.05) is 19.1 Å². The van der Waals surface area contributed by atoms with Gasteiger partial charge in [0.25, 0.3) is 0 Å². The van der Waals surface area contributed by atoms with Crippen molar-refractivity contribution in [1.29, 1.82) is 0 Å². The molecule has 0 aliphatic carbocycles. The van der Waals surface area contributed by atoms with Crippen molar-refractivity contribution < 1.29 is 9.50 Å². The van der Waals surface area contributed by atoms with Gasteiger partial charge in [0, 0.05) is 17.8 Å². The number of hydrogen-bond acceptors (Lipinski definition) is 2. The minimum Gasteiger partial charge on any atom is -0.388 e. The van der Waals surface area contributed by atoms with Crippen LogP contribution in [-0.2, 0) is 0 Å². The van der Waals surface area contributed by atoms with Crippen LogP contribution in [0.2, 0.25) is 0 Å². The van der Waals surface area contributed by atoms with Crippen LogP contribution < -0.4 is 0 Å². The SMILES string of the molecule is Cc1cc(F)ccc1C(O)C(C)c1ccccn1. The van der Waals surface area contributed by atoms with Crippen molar-refractivity contribution in [1.82, 2.24) is 4.98 Å². The molecule has 2 nitrogen and oxygen atoms in total. The van der Waals surface area contributed by atoms with Gasteiger partial charge in [-0.2, -0.15) is 0 Å². The van der Waals surface area contributed by atoms with Crippen molar-refractivity contribution in [2.75, 3.05) is 0 Å². The monoisotopic (exact) mass is 245 g/mol. The number of benzene rings is 1. The van der Waals surface area contributed by atoms with Gasteiger partial charge in [-0.25, -0.2) is 4.39 Å². The Hall–Kier alpha value is -1.74. The summed E-state index contributed by atoms with van der Waals surface area (Å²) in [5.74, 6) is -0.413. The molecule has 2 rings (SSSR count). The summed E-state index contributed by atoms with van der Waals surface area (Å²) in [7, 11) is 0. The molecule has 0 fully saturated rings. The topological polar surface area (TPSA) is 33.1 Å². The second kappa shape index (κ2) is 5.27. The van der Waals surface area contributed by atoms with Gasteiger partial charge in [0.05, 0.1) is 6.10 Å². The number of halogens is 1. The van der Waals surface area contributed by atoms with Crippen molar-refractivity contribution >= 4 is 0 Å². The summed E-state index contributed by atoms with van der Waals surface area (Å²) in [6.45, 7) is 3.71. The van der Waals surface area contributed by atoms with Crippen molar-refractivity contribution in [3.05, 3.63) is 65.2 Å². The van der Waals surface area contributed by atoms with Gasteiger partial charge in [-0.3, -0.25) is 4.98 Å². The quantitative estimate of drug-likeness (QED) is 0.899. The zero-order chi connectivity index (χ0) is 13.1. The van der Waals surface area contributed by atoms with E-state index >= 15 is 0 Å². The van der Waals surface area contributed by atoms with Crippen LogP contribution in [-0.4, -0.2) is 10.1 Å². The fourth-order valence-corrected chi connectivity index (χ4v) is 2.05. The van der Waals surface area contributed by atoms with E-state index in [4.69, 9.17) is 0 Å². The lowest BCUT2D eigenvalue weighted by molar-refractivity contribution is 0.149. The molecule has 0 radical (unpaired) electrons. The summed E-state index contributed by atoms with van der Waals surface area (Å²) in [6, 6.07) is 10.1. The molecule has 18 heavy (non-hydrogen) atoms. The average Bonchev–Trinajstić information content (AvgIpc) is 2.38. The maximum atomic E-state index is 13.0. The highest BCUT2D eigenvalue weighted by Crippen LogP contribution is 2.31. The van der Waals surface area contributed by atoms with Crippen LogP contribution in [0.5, 0.6) is 0 Å². The molecule has 1 aromatic heterocycles. The van der Waals surface area contributed by atoms with Crippen molar-refractivity contribution in [2.24, 2.45) is 0 Å². The molecule has 94 valence electrons. The molecular formula is C15H16FNO. The van der Waals surface area contributed by atoms with Gasteiger partial charge >= 0.3 is 0 Å². The third-order valence-electron chi connectivity index (χ3n) is 3.18. The molecule has 3 heteroatoms. The molecule has 0 saturated heterocycles. The van der Waals surface area contributed by atoms with Crippen LogP contribution in [0, 0.1) is 12.7 Å². The number of aliphatic hydroxyl groups is 1. The number of aromatic nitrogens is 1. The van der Waals surface area contributed by atoms with Gasteiger partial charge in [-0.15, -0.1) is 0 Å². The molecule has 0 bridgehead atoms. The molecule has 0 spiro atoms. The smallest absolute Gasteiger partial charge is 0.123 e. The van der Waals surface area contributed by atoms with Crippen LogP contribution in [0.25, 0.3) is 0 Å². The molecule has 0 amide bonds. The van der Waals surface area contributed by atoms with Gasteiger partial charge in [0.15, 0.2) is 0 Å². The van der Waals surface area contributed by atoms with E-state index in [2.05, 4.69) is 4.98 Å². The van der Waals surface area contributed by atoms with Crippen LogP contribution >= 0.6 is 0 Å². The summed E-state index contributed by atoms with van der Waals surface area (Å²) >= 11 is 0. The minimum atomic E-state index is -0.680. The Kier molecular flexibility index (Phi) is 3.72. The Bertz CT molecular complexity index is 527. The van der Waals surface area contributed by atoms with Gasteiger partial charge in [-0.05, 0) is 42.3 Å². The molecule has 0 aliphatic rings. The Morgan fingerprint density at radius 2 is 2.00 bits per heavy atom. The molecule has 2 unspecified atom stereocenters. The van der Waals surface area contributed by atoms with E-state index in [1.165, 1.54) is 12.1 Å². The third-order valence-corrected chi connectivity index (χ3v) is 3.18. The highest BCUT2D eigenvalue weighted by molar-refractivity contribution is 5.30. The first-order chi connectivity index (χ1) is 8.59. The molecule has 0 aliphatic heterocycles. The van der Waals surface area contributed by atoms with Crippen LogP contribution in [0.3, 0.4) is 0 Å². The largest absolute Gasteiger partial charge is 0.388 e. The second-order valence-corrected chi connectivity index (χ2v) is 4.49. The van der Waals surface area contributed by atoms with E-state index in [-0.39, 0.29) is 11.7 Å². The summed E-state index contributed by atoms with van der Waals surface area (Å²) < 4.78 is 13.0. The molecule has 1 N–H and O–H groups in total. The van der Waals surface area contributed by atoms with E-state index in [1.54, 1.807) is 19.2 Å². The Balaban J connectivity index is 2.28. The lowest BCUT2D eigenvalue weighted by Crippen LogP contribution is -2.10. The molecule has 2 aromatic rings. The fraction of sp³-hybridized carbons (Fsp3) is 0.267. The maximum Gasteiger partial charge on any atom is 0.123 e. The number of pyridine rings is 1. The van der Waals surface area contributed by atoms with Gasteiger partial charge in [0.2, 0.25) is 0 Å². The predicted octanol–water partition coefficient (Wildman–Crippen LogP) is 3.37. The van der Waals surface area contributed by atoms with Crippen LogP contribution in [0.15, 0.2) is 42.6 Å². The number of nitrogens with zero attached hydrogens (tertiary/aromatic N) is 1. The lowest BCUT2D eigenvalue weighted by Gasteiger charge is -2.20. The van der Waals surface area contributed by atoms with E-state index in [0.29, 0.717) is 0 Å². The third kappa shape index (κ3) is 2.57. The molecule has 1 aromatic carbocycles. The Labute approximate surface area is 106 Å². The summed E-state index contributed by atoms with van der Waals surface area (Å²) in [5.41, 5.74) is 2.33. The van der Waals surface area contributed by atoms with Crippen molar-refractivity contribution in [3.63, 3.8) is 0 Å². The van der Waals surface area contributed by atoms with Crippen LogP contribution in [0.4, 0.5) is 4.39 Å². The number of hydrogen-bond donors (Lipinski definition) is 1. The van der Waals surface area contributed by atoms with E-state index in [1.807, 2.05) is 25.1 Å². The van der Waals surface area contributed by atoms with Crippen LogP contribution in [0.1, 0.15) is 35.8 Å². The first kappa shape index (κ1) is 12.7. The summed E-state index contributed by atoms with van der Waals surface area (Å²) in [5, 5.41) is 10.4. The number of aryl methyl sites for hydroxylation is 1. The standard InChI is InChI=1S/C15H16FNO/c1-10-9-12(16)6-7-13(10)15(18)11(2)14-5-3-4-8-17-14/h3-9,11,15,18H,1-2H3. The van der Waals surface area contributed by atoms with Gasteiger partial charge < -0.3 is 5.11 Å². The Morgan fingerprint density at radius 3 is 2.61 bits per heavy atom. The average molecular weight is 245 g/mol. The molecule has 2 atom stereocenters. The minimum absolute atomic E-state index is 0.129. The zero-order valence-corrected chi connectivity index (χ0v) is 10.5. The first-order valence-corrected chi connectivity index (χ1v) is 5.94. The highest BCUT2D eigenvalue weighted by atomic mass is 19.1. The number of rotatable bonds is 3. The maximum absolute atomic E-state index is 13.0. The lowest BCUT2D eigenvalue weighted by atomic mass is 9.91. The molecular weight excluding hydrogens is 229 g/mol. The summed E-state index contributed by atoms with van der Waals surface area (Å²) in [6.07, 6.45) is 1.02. The first-order valence-electron chi connectivity index (χ1n) is 5.94.